The average Bonchev–Trinajstić information content (AvgIpc) is 3.36. The molecule has 1 N–H and O–H groups in total. The average molecular weight is 399 g/mol. The molecule has 0 aromatic carbocycles. The van der Waals surface area contributed by atoms with E-state index in [4.69, 9.17) is 5.26 Å². The van der Waals surface area contributed by atoms with E-state index in [-0.39, 0.29) is 11.7 Å². The van der Waals surface area contributed by atoms with E-state index < -0.39 is 0 Å². The number of aryl methyl sites for hydroxylation is 1. The Morgan fingerprint density at radius 1 is 1.48 bits per heavy atom. The van der Waals surface area contributed by atoms with Gasteiger partial charge in [0.15, 0.2) is 5.16 Å². The second kappa shape index (κ2) is 8.70. The standard InChI is InChI=1S/C18H18N6OS2/c1-3-7-24-15(10-14-5-4-8-23(14)2)21-22-18(24)27-12-16(25)20-17-13(11-19)6-9-26-17/h3-6,8-9H,1,7,10,12H2,2H3,(H,20,25). The fourth-order valence-corrected chi connectivity index (χ4v) is 4.02. The van der Waals surface area contributed by atoms with Gasteiger partial charge in [0.05, 0.1) is 11.3 Å². The van der Waals surface area contributed by atoms with E-state index in [2.05, 4.69) is 28.2 Å². The van der Waals surface area contributed by atoms with Crippen LogP contribution in [0.5, 0.6) is 0 Å². The molecule has 3 heterocycles. The van der Waals surface area contributed by atoms with E-state index in [0.717, 1.165) is 11.5 Å². The zero-order chi connectivity index (χ0) is 19.2. The minimum Gasteiger partial charge on any atom is -0.354 e. The fourth-order valence-electron chi connectivity index (χ4n) is 2.50. The summed E-state index contributed by atoms with van der Waals surface area (Å²) >= 11 is 2.64. The van der Waals surface area contributed by atoms with Crippen LogP contribution in [0.2, 0.25) is 0 Å². The van der Waals surface area contributed by atoms with Crippen LogP contribution < -0.4 is 5.32 Å². The van der Waals surface area contributed by atoms with Gasteiger partial charge in [-0.15, -0.1) is 28.1 Å². The maximum Gasteiger partial charge on any atom is 0.235 e. The van der Waals surface area contributed by atoms with Gasteiger partial charge in [-0.25, -0.2) is 0 Å². The molecule has 27 heavy (non-hydrogen) atoms. The summed E-state index contributed by atoms with van der Waals surface area (Å²) in [6.45, 7) is 4.37. The van der Waals surface area contributed by atoms with E-state index in [9.17, 15) is 4.79 Å². The Morgan fingerprint density at radius 3 is 3.04 bits per heavy atom. The molecule has 0 bridgehead atoms. The number of nitrogens with one attached hydrogen (secondary N) is 1. The number of hydrogen-bond acceptors (Lipinski definition) is 6. The Hall–Kier alpha value is -2.83. The number of nitrogens with zero attached hydrogens (tertiary/aromatic N) is 5. The fraction of sp³-hybridized carbons (Fsp3) is 0.222. The van der Waals surface area contributed by atoms with Gasteiger partial charge in [0.25, 0.3) is 0 Å². The molecule has 3 rings (SSSR count). The highest BCUT2D eigenvalue weighted by Gasteiger charge is 2.15. The first-order valence-electron chi connectivity index (χ1n) is 8.15. The summed E-state index contributed by atoms with van der Waals surface area (Å²) in [5, 5.41) is 23.3. The number of thioether (sulfide) groups is 1. The number of nitriles is 1. The SMILES string of the molecule is C=CCn1c(Cc2cccn2C)nnc1SCC(=O)Nc1sccc1C#N. The van der Waals surface area contributed by atoms with E-state index in [0.29, 0.717) is 28.7 Å². The van der Waals surface area contributed by atoms with Crippen LogP contribution in [0.4, 0.5) is 5.00 Å². The molecule has 0 aliphatic heterocycles. The number of hydrogen-bond donors (Lipinski definition) is 1. The summed E-state index contributed by atoms with van der Waals surface area (Å²) in [5.74, 6) is 0.822. The summed E-state index contributed by atoms with van der Waals surface area (Å²) in [6, 6.07) is 7.78. The normalized spacial score (nSPS) is 10.5. The van der Waals surface area contributed by atoms with Gasteiger partial charge in [0.1, 0.15) is 16.9 Å². The van der Waals surface area contributed by atoms with Crippen molar-refractivity contribution in [3.63, 3.8) is 0 Å². The topological polar surface area (TPSA) is 88.5 Å². The number of amides is 1. The van der Waals surface area contributed by atoms with Crippen LogP contribution in [0.25, 0.3) is 0 Å². The number of allylic oxidation sites excluding steroid dienone is 1. The molecule has 0 fully saturated rings. The first kappa shape index (κ1) is 18.9. The highest BCUT2D eigenvalue weighted by Crippen LogP contribution is 2.23. The van der Waals surface area contributed by atoms with Gasteiger partial charge in [0.2, 0.25) is 5.91 Å². The third kappa shape index (κ3) is 4.48. The molecule has 0 atom stereocenters. The number of anilines is 1. The zero-order valence-electron chi connectivity index (χ0n) is 14.8. The Kier molecular flexibility index (Phi) is 6.11. The summed E-state index contributed by atoms with van der Waals surface area (Å²) in [6.07, 6.45) is 4.42. The number of carbonyl (C=O) groups is 1. The minimum absolute atomic E-state index is 0.183. The third-order valence-electron chi connectivity index (χ3n) is 3.87. The molecule has 0 spiro atoms. The quantitative estimate of drug-likeness (QED) is 0.465. The maximum atomic E-state index is 12.2. The van der Waals surface area contributed by atoms with Crippen molar-refractivity contribution < 1.29 is 4.79 Å². The predicted octanol–water partition coefficient (Wildman–Crippen LogP) is 3.06. The highest BCUT2D eigenvalue weighted by atomic mass is 32.2. The Balaban J connectivity index is 1.67. The molecular formula is C18H18N6OS2. The van der Waals surface area contributed by atoms with Crippen LogP contribution >= 0.6 is 23.1 Å². The molecule has 0 saturated carbocycles. The number of thiophene rings is 1. The van der Waals surface area contributed by atoms with E-state index >= 15 is 0 Å². The van der Waals surface area contributed by atoms with Gasteiger partial charge < -0.3 is 14.5 Å². The summed E-state index contributed by atoms with van der Waals surface area (Å²) < 4.78 is 4.00. The first-order valence-corrected chi connectivity index (χ1v) is 10.0. The zero-order valence-corrected chi connectivity index (χ0v) is 16.4. The number of carbonyl (C=O) groups excluding carboxylic acids is 1. The molecule has 0 aliphatic rings. The Morgan fingerprint density at radius 2 is 2.33 bits per heavy atom. The van der Waals surface area contributed by atoms with Crippen molar-refractivity contribution in [1.29, 1.82) is 5.26 Å². The van der Waals surface area contributed by atoms with Crippen molar-refractivity contribution in [3.05, 3.63) is 59.5 Å². The van der Waals surface area contributed by atoms with Gasteiger partial charge in [-0.3, -0.25) is 4.79 Å². The maximum absolute atomic E-state index is 12.2. The van der Waals surface area contributed by atoms with Crippen molar-refractivity contribution in [1.82, 2.24) is 19.3 Å². The molecule has 3 aromatic rings. The van der Waals surface area contributed by atoms with Crippen LogP contribution in [0.3, 0.4) is 0 Å². The molecule has 3 aromatic heterocycles. The molecule has 7 nitrogen and oxygen atoms in total. The molecule has 138 valence electrons. The summed E-state index contributed by atoms with van der Waals surface area (Å²) in [4.78, 5) is 12.2. The van der Waals surface area contributed by atoms with Crippen LogP contribution in [0, 0.1) is 11.3 Å². The highest BCUT2D eigenvalue weighted by molar-refractivity contribution is 7.99. The van der Waals surface area contributed by atoms with Gasteiger partial charge in [-0.2, -0.15) is 5.26 Å². The second-order valence-electron chi connectivity index (χ2n) is 5.70. The summed E-state index contributed by atoms with van der Waals surface area (Å²) in [5.41, 5.74) is 1.60. The Labute approximate surface area is 165 Å². The van der Waals surface area contributed by atoms with Crippen molar-refractivity contribution in [3.8, 4) is 6.07 Å². The van der Waals surface area contributed by atoms with Crippen LogP contribution in [-0.2, 0) is 24.8 Å². The lowest BCUT2D eigenvalue weighted by Gasteiger charge is -2.08. The van der Waals surface area contributed by atoms with Gasteiger partial charge >= 0.3 is 0 Å². The van der Waals surface area contributed by atoms with Gasteiger partial charge in [-0.05, 0) is 23.6 Å². The van der Waals surface area contributed by atoms with Crippen molar-refractivity contribution >= 4 is 34.0 Å². The van der Waals surface area contributed by atoms with Gasteiger partial charge in [-0.1, -0.05) is 17.8 Å². The number of aromatic nitrogens is 4. The van der Waals surface area contributed by atoms with Crippen LogP contribution in [-0.4, -0.2) is 31.0 Å². The van der Waals surface area contributed by atoms with Crippen LogP contribution in [0.15, 0.2) is 47.6 Å². The second-order valence-corrected chi connectivity index (χ2v) is 7.56. The molecule has 1 amide bonds. The largest absolute Gasteiger partial charge is 0.354 e. The van der Waals surface area contributed by atoms with Crippen molar-refractivity contribution in [2.45, 2.75) is 18.1 Å². The predicted molar refractivity (Wildman–Crippen MR) is 107 cm³/mol. The van der Waals surface area contributed by atoms with Crippen LogP contribution in [0.1, 0.15) is 17.1 Å². The third-order valence-corrected chi connectivity index (χ3v) is 5.66. The Bertz CT molecular complexity index is 994. The van der Waals surface area contributed by atoms with Gasteiger partial charge in [0, 0.05) is 31.9 Å². The monoisotopic (exact) mass is 398 g/mol. The van der Waals surface area contributed by atoms with E-state index in [1.54, 1.807) is 17.5 Å². The first-order chi connectivity index (χ1) is 13.1. The lowest BCUT2D eigenvalue weighted by atomic mass is 10.3. The molecule has 0 saturated heterocycles. The van der Waals surface area contributed by atoms with E-state index in [1.165, 1.54) is 23.1 Å². The van der Waals surface area contributed by atoms with Crippen molar-refractivity contribution in [2.75, 3.05) is 11.1 Å². The number of rotatable bonds is 8. The minimum atomic E-state index is -0.184. The molecule has 0 unspecified atom stereocenters. The lowest BCUT2D eigenvalue weighted by molar-refractivity contribution is -0.113. The summed E-state index contributed by atoms with van der Waals surface area (Å²) in [7, 11) is 1.99. The molecule has 0 radical (unpaired) electrons. The molecule has 9 heteroatoms. The van der Waals surface area contributed by atoms with Crippen molar-refractivity contribution in [2.24, 2.45) is 7.05 Å². The lowest BCUT2D eigenvalue weighted by Crippen LogP contribution is -2.14. The smallest absolute Gasteiger partial charge is 0.235 e. The molecular weight excluding hydrogens is 380 g/mol. The molecule has 0 aliphatic carbocycles. The van der Waals surface area contributed by atoms with E-state index in [1.807, 2.05) is 34.5 Å².